The molecule has 7 heteroatoms. The summed E-state index contributed by atoms with van der Waals surface area (Å²) in [6.07, 6.45) is 2.76. The lowest BCUT2D eigenvalue weighted by molar-refractivity contribution is -0.693. The van der Waals surface area contributed by atoms with Gasteiger partial charge >= 0.3 is 0 Å². The number of quaternary nitrogens is 1. The molecule has 0 amide bonds. The molecule has 0 fully saturated rings. The Bertz CT molecular complexity index is 781. The number of halogens is 1. The molecule has 27 heavy (non-hydrogen) atoms. The minimum Gasteiger partial charge on any atom is -1.00 e. The number of carbonyl (C=O) groups excluding carboxylic acids is 1. The Hall–Kier alpha value is -2.54. The molecule has 6 nitrogen and oxygen atoms in total. The predicted molar refractivity (Wildman–Crippen MR) is 99.4 cm³/mol. The lowest BCUT2D eigenvalue weighted by atomic mass is 10.0. The van der Waals surface area contributed by atoms with Crippen LogP contribution in [-0.2, 0) is 4.79 Å². The summed E-state index contributed by atoms with van der Waals surface area (Å²) < 4.78 is 0. The lowest BCUT2D eigenvalue weighted by Gasteiger charge is -2.17. The minimum absolute atomic E-state index is 0. The van der Waals surface area contributed by atoms with Gasteiger partial charge in [0.2, 0.25) is 0 Å². The van der Waals surface area contributed by atoms with Crippen LogP contribution < -0.4 is 17.7 Å². The van der Waals surface area contributed by atoms with E-state index in [0.29, 0.717) is 18.5 Å². The largest absolute Gasteiger partial charge is 1.00 e. The Morgan fingerprint density at radius 1 is 1.22 bits per heavy atom. The Morgan fingerprint density at radius 2 is 1.93 bits per heavy atom. The van der Waals surface area contributed by atoms with Crippen molar-refractivity contribution in [1.82, 2.24) is 0 Å². The zero-order valence-corrected chi connectivity index (χ0v) is 15.8. The van der Waals surface area contributed by atoms with E-state index in [9.17, 15) is 20.0 Å². The summed E-state index contributed by atoms with van der Waals surface area (Å²) in [7, 11) is 0. The molecule has 2 rings (SSSR count). The fraction of sp³-hybridized carbons (Fsp3) is 0.250. The molecule has 2 atom stereocenters. The summed E-state index contributed by atoms with van der Waals surface area (Å²) in [5.74, 6) is -0.0610. The monoisotopic (exact) mass is 390 g/mol. The SMILES string of the molecule is CC([NH2+]CCC(=O)/C=C/c1cccc([N+](=O)[O-])c1)C(O)c1ccccc1.[Cl-]. The van der Waals surface area contributed by atoms with Gasteiger partial charge in [-0.3, -0.25) is 14.9 Å². The van der Waals surface area contributed by atoms with Gasteiger partial charge in [-0.25, -0.2) is 0 Å². The molecule has 3 N–H and O–H groups in total. The van der Waals surface area contributed by atoms with E-state index in [1.165, 1.54) is 18.2 Å². The van der Waals surface area contributed by atoms with Crippen LogP contribution in [0.3, 0.4) is 0 Å². The summed E-state index contributed by atoms with van der Waals surface area (Å²) in [5.41, 5.74) is 1.47. The van der Waals surface area contributed by atoms with Crippen molar-refractivity contribution in [3.63, 3.8) is 0 Å². The Balaban J connectivity index is 0.00000364. The summed E-state index contributed by atoms with van der Waals surface area (Å²) >= 11 is 0. The van der Waals surface area contributed by atoms with E-state index in [0.717, 1.165) is 5.56 Å². The number of benzene rings is 2. The van der Waals surface area contributed by atoms with E-state index in [2.05, 4.69) is 0 Å². The topological polar surface area (TPSA) is 97.0 Å². The summed E-state index contributed by atoms with van der Waals surface area (Å²) in [5, 5.41) is 23.0. The zero-order chi connectivity index (χ0) is 18.9. The fourth-order valence-corrected chi connectivity index (χ4v) is 2.59. The van der Waals surface area contributed by atoms with Crippen LogP contribution in [-0.4, -0.2) is 28.4 Å². The van der Waals surface area contributed by atoms with Crippen LogP contribution in [0, 0.1) is 10.1 Å². The summed E-state index contributed by atoms with van der Waals surface area (Å²) in [6, 6.07) is 15.5. The van der Waals surface area contributed by atoms with Crippen LogP contribution >= 0.6 is 0 Å². The van der Waals surface area contributed by atoms with E-state index in [-0.39, 0.29) is 29.9 Å². The van der Waals surface area contributed by atoms with Crippen molar-refractivity contribution in [3.05, 3.63) is 81.9 Å². The number of nitrogens with two attached hydrogens (primary N) is 1. The van der Waals surface area contributed by atoms with Crippen molar-refractivity contribution in [2.24, 2.45) is 0 Å². The fourth-order valence-electron chi connectivity index (χ4n) is 2.59. The van der Waals surface area contributed by atoms with Gasteiger partial charge < -0.3 is 22.8 Å². The number of nitro benzene ring substituents is 1. The standard InChI is InChI=1S/C20H22N2O4.ClH/c1-15(20(24)17-7-3-2-4-8-17)21-13-12-19(23)11-10-16-6-5-9-18(14-16)22(25)26;/h2-11,14-15,20-21,24H,12-13H2,1H3;1H/b11-10+;. The highest BCUT2D eigenvalue weighted by Gasteiger charge is 2.18. The number of allylic oxidation sites excluding steroid dienone is 1. The molecule has 0 spiro atoms. The lowest BCUT2D eigenvalue weighted by Crippen LogP contribution is -3.00. The van der Waals surface area contributed by atoms with Gasteiger partial charge in [0.15, 0.2) is 5.78 Å². The number of ketones is 1. The summed E-state index contributed by atoms with van der Waals surface area (Å²) in [4.78, 5) is 22.2. The van der Waals surface area contributed by atoms with E-state index >= 15 is 0 Å². The first-order valence-electron chi connectivity index (χ1n) is 8.49. The first-order valence-corrected chi connectivity index (χ1v) is 8.49. The second-order valence-corrected chi connectivity index (χ2v) is 6.14. The quantitative estimate of drug-likeness (QED) is 0.335. The highest BCUT2D eigenvalue weighted by Crippen LogP contribution is 2.15. The molecule has 0 radical (unpaired) electrons. The van der Waals surface area contributed by atoms with E-state index in [4.69, 9.17) is 0 Å². The van der Waals surface area contributed by atoms with Gasteiger partial charge in [0, 0.05) is 12.1 Å². The molecule has 0 saturated heterocycles. The molecule has 0 aromatic heterocycles. The van der Waals surface area contributed by atoms with E-state index < -0.39 is 11.0 Å². The smallest absolute Gasteiger partial charge is 0.270 e. The number of hydrogen-bond acceptors (Lipinski definition) is 4. The van der Waals surface area contributed by atoms with Crippen LogP contribution in [0.1, 0.15) is 30.6 Å². The molecule has 0 bridgehead atoms. The van der Waals surface area contributed by atoms with Gasteiger partial charge in [-0.05, 0) is 24.1 Å². The molecule has 0 heterocycles. The first-order chi connectivity index (χ1) is 12.5. The maximum absolute atomic E-state index is 12.0. The van der Waals surface area contributed by atoms with Gasteiger partial charge in [-0.2, -0.15) is 0 Å². The van der Waals surface area contributed by atoms with Gasteiger partial charge in [0.05, 0.1) is 17.9 Å². The maximum Gasteiger partial charge on any atom is 0.270 e. The molecule has 144 valence electrons. The molecule has 2 aromatic carbocycles. The maximum atomic E-state index is 12.0. The van der Waals surface area contributed by atoms with Gasteiger partial charge in [-0.15, -0.1) is 0 Å². The van der Waals surface area contributed by atoms with Gasteiger partial charge in [0.1, 0.15) is 12.1 Å². The number of nitro groups is 1. The highest BCUT2D eigenvalue weighted by atomic mass is 35.5. The molecule has 2 unspecified atom stereocenters. The average molecular weight is 391 g/mol. The number of aliphatic hydroxyl groups excluding tert-OH is 1. The van der Waals surface area contributed by atoms with Crippen molar-refractivity contribution >= 4 is 17.5 Å². The molecule has 0 saturated carbocycles. The van der Waals surface area contributed by atoms with Crippen LogP contribution in [0.4, 0.5) is 5.69 Å². The Kier molecular flexibility index (Phi) is 9.36. The number of carbonyl (C=O) groups is 1. The van der Waals surface area contributed by atoms with E-state index in [1.807, 2.05) is 42.6 Å². The van der Waals surface area contributed by atoms with E-state index in [1.54, 1.807) is 18.2 Å². The van der Waals surface area contributed by atoms with Crippen LogP contribution in [0.15, 0.2) is 60.7 Å². The van der Waals surface area contributed by atoms with Crippen molar-refractivity contribution in [1.29, 1.82) is 0 Å². The Labute approximate surface area is 164 Å². The minimum atomic E-state index is -0.591. The van der Waals surface area contributed by atoms with Crippen molar-refractivity contribution in [3.8, 4) is 0 Å². The average Bonchev–Trinajstić information content (AvgIpc) is 2.66. The molecule has 0 aliphatic rings. The first kappa shape index (κ1) is 22.5. The molecular formula is C20H23ClN2O4. The van der Waals surface area contributed by atoms with Crippen LogP contribution in [0.2, 0.25) is 0 Å². The Morgan fingerprint density at radius 3 is 2.59 bits per heavy atom. The predicted octanol–water partition coefficient (Wildman–Crippen LogP) is -0.743. The zero-order valence-electron chi connectivity index (χ0n) is 15.0. The number of non-ortho nitro benzene ring substituents is 1. The number of aliphatic hydroxyl groups is 1. The molecule has 0 aliphatic heterocycles. The third-order valence-electron chi connectivity index (χ3n) is 4.11. The van der Waals surface area contributed by atoms with Crippen LogP contribution in [0.25, 0.3) is 6.08 Å². The number of nitrogens with zero attached hydrogens (tertiary/aromatic N) is 1. The van der Waals surface area contributed by atoms with Crippen molar-refractivity contribution in [2.45, 2.75) is 25.5 Å². The molecular weight excluding hydrogens is 368 g/mol. The van der Waals surface area contributed by atoms with Crippen molar-refractivity contribution < 1.29 is 32.5 Å². The second kappa shape index (κ2) is 11.2. The van der Waals surface area contributed by atoms with Gasteiger partial charge in [-0.1, -0.05) is 48.5 Å². The molecule has 2 aromatic rings. The summed E-state index contributed by atoms with van der Waals surface area (Å²) in [6.45, 7) is 2.48. The molecule has 0 aliphatic carbocycles. The van der Waals surface area contributed by atoms with Gasteiger partial charge in [0.25, 0.3) is 5.69 Å². The normalized spacial score (nSPS) is 13.0. The van der Waals surface area contributed by atoms with Crippen LogP contribution in [0.5, 0.6) is 0 Å². The van der Waals surface area contributed by atoms with Crippen molar-refractivity contribution in [2.75, 3.05) is 6.54 Å². The number of hydrogen-bond donors (Lipinski definition) is 2. The third kappa shape index (κ3) is 7.30. The number of rotatable bonds is 9. The third-order valence-corrected chi connectivity index (χ3v) is 4.11. The highest BCUT2D eigenvalue weighted by molar-refractivity contribution is 5.93. The second-order valence-electron chi connectivity index (χ2n) is 6.14.